The lowest BCUT2D eigenvalue weighted by atomic mass is 10.1. The van der Waals surface area contributed by atoms with Gasteiger partial charge in [-0.2, -0.15) is 0 Å². The largest absolute Gasteiger partial charge is 0.441 e. The zero-order valence-electron chi connectivity index (χ0n) is 14.3. The molecule has 0 saturated carbocycles. The van der Waals surface area contributed by atoms with Crippen molar-refractivity contribution in [2.45, 2.75) is 31.3 Å². The van der Waals surface area contributed by atoms with Gasteiger partial charge in [-0.05, 0) is 24.4 Å². The SMILES string of the molecule is CCNC(=O)O[C@H]1CO[C@@H]2[C@@H]1OC[C@@H]2Nc1nccc(-c2cccs2)n1. The van der Waals surface area contributed by atoms with Gasteiger partial charge in [0.2, 0.25) is 5.95 Å². The van der Waals surface area contributed by atoms with E-state index in [0.717, 1.165) is 10.6 Å². The van der Waals surface area contributed by atoms with E-state index in [1.807, 2.05) is 30.5 Å². The molecule has 0 unspecified atom stereocenters. The fraction of sp³-hybridized carbons (Fsp3) is 0.471. The number of ether oxygens (including phenoxy) is 3. The maximum Gasteiger partial charge on any atom is 0.407 e. The van der Waals surface area contributed by atoms with Gasteiger partial charge in [-0.1, -0.05) is 6.07 Å². The Hall–Kier alpha value is -2.23. The molecule has 4 atom stereocenters. The van der Waals surface area contributed by atoms with Gasteiger partial charge in [-0.15, -0.1) is 11.3 Å². The molecular formula is C17H20N4O4S. The zero-order chi connectivity index (χ0) is 17.9. The minimum Gasteiger partial charge on any atom is -0.441 e. The van der Waals surface area contributed by atoms with Crippen LogP contribution in [0, 0.1) is 0 Å². The van der Waals surface area contributed by atoms with Gasteiger partial charge in [-0.3, -0.25) is 0 Å². The lowest BCUT2D eigenvalue weighted by Crippen LogP contribution is -2.39. The number of amides is 1. The van der Waals surface area contributed by atoms with Crippen molar-refractivity contribution in [3.63, 3.8) is 0 Å². The van der Waals surface area contributed by atoms with E-state index < -0.39 is 12.2 Å². The van der Waals surface area contributed by atoms with Crippen molar-refractivity contribution in [2.24, 2.45) is 0 Å². The Morgan fingerprint density at radius 1 is 1.35 bits per heavy atom. The summed E-state index contributed by atoms with van der Waals surface area (Å²) in [5.74, 6) is 0.529. The predicted molar refractivity (Wildman–Crippen MR) is 96.2 cm³/mol. The molecule has 2 N–H and O–H groups in total. The molecule has 0 aromatic carbocycles. The number of hydrogen-bond donors (Lipinski definition) is 2. The Morgan fingerprint density at radius 2 is 2.23 bits per heavy atom. The zero-order valence-corrected chi connectivity index (χ0v) is 15.1. The summed E-state index contributed by atoms with van der Waals surface area (Å²) < 4.78 is 17.0. The van der Waals surface area contributed by atoms with Crippen molar-refractivity contribution in [2.75, 3.05) is 25.1 Å². The van der Waals surface area contributed by atoms with Gasteiger partial charge in [0.15, 0.2) is 6.10 Å². The number of thiophene rings is 1. The lowest BCUT2D eigenvalue weighted by molar-refractivity contribution is 0.00462. The van der Waals surface area contributed by atoms with E-state index in [1.165, 1.54) is 0 Å². The number of fused-ring (bicyclic) bond motifs is 1. The van der Waals surface area contributed by atoms with E-state index in [4.69, 9.17) is 14.2 Å². The molecule has 0 bridgehead atoms. The number of rotatable bonds is 5. The highest BCUT2D eigenvalue weighted by Crippen LogP contribution is 2.30. The number of hydrogen-bond acceptors (Lipinski definition) is 8. The van der Waals surface area contributed by atoms with Crippen LogP contribution in [0.1, 0.15) is 6.92 Å². The van der Waals surface area contributed by atoms with Crippen molar-refractivity contribution in [1.29, 1.82) is 0 Å². The van der Waals surface area contributed by atoms with E-state index in [-0.39, 0.29) is 18.2 Å². The Kier molecular flexibility index (Phi) is 5.00. The lowest BCUT2D eigenvalue weighted by Gasteiger charge is -2.18. The maximum absolute atomic E-state index is 11.6. The minimum atomic E-state index is -0.450. The van der Waals surface area contributed by atoms with Gasteiger partial charge < -0.3 is 24.8 Å². The van der Waals surface area contributed by atoms with Crippen LogP contribution in [0.4, 0.5) is 10.7 Å². The number of nitrogens with zero attached hydrogens (tertiary/aromatic N) is 2. The van der Waals surface area contributed by atoms with E-state index >= 15 is 0 Å². The quantitative estimate of drug-likeness (QED) is 0.823. The van der Waals surface area contributed by atoms with Crippen LogP contribution in [0.2, 0.25) is 0 Å². The van der Waals surface area contributed by atoms with E-state index in [0.29, 0.717) is 25.7 Å². The first-order chi connectivity index (χ1) is 12.7. The number of aromatic nitrogens is 2. The van der Waals surface area contributed by atoms with Crippen molar-refractivity contribution in [3.05, 3.63) is 29.8 Å². The molecule has 2 aromatic heterocycles. The summed E-state index contributed by atoms with van der Waals surface area (Å²) in [5, 5.41) is 7.92. The highest BCUT2D eigenvalue weighted by Gasteiger charge is 2.49. The van der Waals surface area contributed by atoms with Gasteiger partial charge in [0.05, 0.1) is 29.8 Å². The third kappa shape index (κ3) is 3.50. The average Bonchev–Trinajstić information content (AvgIpc) is 3.36. The van der Waals surface area contributed by atoms with E-state index in [2.05, 4.69) is 20.6 Å². The molecule has 0 aliphatic carbocycles. The Bertz CT molecular complexity index is 757. The molecule has 0 radical (unpaired) electrons. The van der Waals surface area contributed by atoms with E-state index in [1.54, 1.807) is 17.5 Å². The molecule has 1 amide bonds. The Balaban J connectivity index is 1.40. The third-order valence-electron chi connectivity index (χ3n) is 4.33. The van der Waals surface area contributed by atoms with E-state index in [9.17, 15) is 4.79 Å². The number of alkyl carbamates (subject to hydrolysis) is 1. The summed E-state index contributed by atoms with van der Waals surface area (Å²) in [4.78, 5) is 21.6. The van der Waals surface area contributed by atoms with Gasteiger partial charge in [0.25, 0.3) is 0 Å². The van der Waals surface area contributed by atoms with Crippen LogP contribution < -0.4 is 10.6 Å². The third-order valence-corrected chi connectivity index (χ3v) is 5.22. The summed E-state index contributed by atoms with van der Waals surface area (Å²) in [5.41, 5.74) is 0.873. The molecular weight excluding hydrogens is 356 g/mol. The molecule has 26 heavy (non-hydrogen) atoms. The smallest absolute Gasteiger partial charge is 0.407 e. The molecule has 2 fully saturated rings. The molecule has 0 spiro atoms. The molecule has 2 aliphatic heterocycles. The fourth-order valence-electron chi connectivity index (χ4n) is 3.17. The molecule has 2 aliphatic rings. The van der Waals surface area contributed by atoms with Crippen LogP contribution >= 0.6 is 11.3 Å². The van der Waals surface area contributed by atoms with Crippen LogP contribution in [-0.4, -0.2) is 60.2 Å². The van der Waals surface area contributed by atoms with Crippen LogP contribution in [0.15, 0.2) is 29.8 Å². The standard InChI is InChI=1S/C17H20N4O4S/c1-2-18-17(22)25-12-9-24-14-11(8-23-15(12)14)21-16-19-6-5-10(20-16)13-4-3-7-26-13/h3-7,11-12,14-15H,2,8-9H2,1H3,(H,18,22)(H,19,20,21)/t11-,12-,14-,15+/m0/s1. The van der Waals surface area contributed by atoms with Crippen LogP contribution in [0.5, 0.6) is 0 Å². The molecule has 138 valence electrons. The Morgan fingerprint density at radius 3 is 3.04 bits per heavy atom. The van der Waals surface area contributed by atoms with Crippen molar-refractivity contribution < 1.29 is 19.0 Å². The maximum atomic E-state index is 11.6. The molecule has 9 heteroatoms. The van der Waals surface area contributed by atoms with Crippen molar-refractivity contribution in [1.82, 2.24) is 15.3 Å². The normalized spacial score (nSPS) is 27.1. The topological polar surface area (TPSA) is 94.6 Å². The Labute approximate surface area is 154 Å². The first kappa shape index (κ1) is 17.2. The molecule has 2 aromatic rings. The van der Waals surface area contributed by atoms with Crippen LogP contribution in [0.25, 0.3) is 10.6 Å². The van der Waals surface area contributed by atoms with Crippen molar-refractivity contribution in [3.8, 4) is 10.6 Å². The molecule has 2 saturated heterocycles. The summed E-state index contributed by atoms with van der Waals surface area (Å²) in [6.45, 7) is 3.12. The number of carbonyl (C=O) groups excluding carboxylic acids is 1. The molecule has 4 heterocycles. The predicted octanol–water partition coefficient (Wildman–Crippen LogP) is 1.90. The van der Waals surface area contributed by atoms with Gasteiger partial charge in [0.1, 0.15) is 12.2 Å². The summed E-state index contributed by atoms with van der Waals surface area (Å²) in [6, 6.07) is 5.80. The molecule has 4 rings (SSSR count). The van der Waals surface area contributed by atoms with Crippen LogP contribution in [-0.2, 0) is 14.2 Å². The monoisotopic (exact) mass is 376 g/mol. The summed E-state index contributed by atoms with van der Waals surface area (Å²) in [7, 11) is 0. The average molecular weight is 376 g/mol. The second-order valence-corrected chi connectivity index (χ2v) is 7.01. The van der Waals surface area contributed by atoms with Gasteiger partial charge in [-0.25, -0.2) is 14.8 Å². The second-order valence-electron chi connectivity index (χ2n) is 6.06. The highest BCUT2D eigenvalue weighted by molar-refractivity contribution is 7.13. The van der Waals surface area contributed by atoms with Gasteiger partial charge >= 0.3 is 6.09 Å². The first-order valence-electron chi connectivity index (χ1n) is 8.55. The number of carbonyl (C=O) groups is 1. The van der Waals surface area contributed by atoms with Crippen LogP contribution in [0.3, 0.4) is 0 Å². The molecule has 8 nitrogen and oxygen atoms in total. The summed E-state index contributed by atoms with van der Waals surface area (Å²) in [6.07, 6.45) is 0.387. The van der Waals surface area contributed by atoms with Gasteiger partial charge in [0, 0.05) is 12.7 Å². The first-order valence-corrected chi connectivity index (χ1v) is 9.43. The highest BCUT2D eigenvalue weighted by atomic mass is 32.1. The number of nitrogens with one attached hydrogen (secondary N) is 2. The second kappa shape index (κ2) is 7.56. The summed E-state index contributed by atoms with van der Waals surface area (Å²) >= 11 is 1.63. The van der Waals surface area contributed by atoms with Crippen molar-refractivity contribution >= 4 is 23.4 Å². The number of anilines is 1. The minimum absolute atomic E-state index is 0.0959. The fourth-order valence-corrected chi connectivity index (χ4v) is 3.86.